The minimum absolute atomic E-state index is 0.0751. The van der Waals surface area contributed by atoms with E-state index in [0.29, 0.717) is 25.1 Å². The number of carboxylic acid groups (broad SMARTS) is 1. The van der Waals surface area contributed by atoms with Gasteiger partial charge in [0.25, 0.3) is 5.91 Å². The second-order valence-electron chi connectivity index (χ2n) is 6.31. The van der Waals surface area contributed by atoms with E-state index in [1.54, 1.807) is 4.90 Å². The van der Waals surface area contributed by atoms with E-state index in [0.717, 1.165) is 18.8 Å². The Kier molecular flexibility index (Phi) is 5.64. The van der Waals surface area contributed by atoms with Crippen molar-refractivity contribution < 1.29 is 14.7 Å². The van der Waals surface area contributed by atoms with Crippen LogP contribution in [0.25, 0.3) is 0 Å². The van der Waals surface area contributed by atoms with Gasteiger partial charge in [-0.1, -0.05) is 6.92 Å². The van der Waals surface area contributed by atoms with E-state index in [1.807, 2.05) is 31.2 Å². The Hall–Kier alpha value is -2.04. The zero-order valence-corrected chi connectivity index (χ0v) is 14.2. The second kappa shape index (κ2) is 7.49. The molecule has 2 atom stereocenters. The molecule has 1 heterocycles. The molecule has 126 valence electrons. The summed E-state index contributed by atoms with van der Waals surface area (Å²) in [4.78, 5) is 27.8. The number of piperidine rings is 1. The molecule has 0 bridgehead atoms. The van der Waals surface area contributed by atoms with Gasteiger partial charge in [0.2, 0.25) is 0 Å². The lowest BCUT2D eigenvalue weighted by Crippen LogP contribution is -2.45. The first-order valence-electron chi connectivity index (χ1n) is 8.33. The maximum Gasteiger partial charge on any atom is 0.308 e. The number of likely N-dealkylation sites (tertiary alicyclic amines) is 1. The fourth-order valence-electron chi connectivity index (χ4n) is 3.28. The number of nitrogens with zero attached hydrogens (tertiary/aromatic N) is 2. The predicted octanol–water partition coefficient (Wildman–Crippen LogP) is 2.72. The third kappa shape index (κ3) is 4.03. The largest absolute Gasteiger partial charge is 0.481 e. The topological polar surface area (TPSA) is 60.9 Å². The summed E-state index contributed by atoms with van der Waals surface area (Å²) in [6.07, 6.45) is 0.639. The number of hydrogen-bond donors (Lipinski definition) is 1. The molecule has 5 heteroatoms. The Morgan fingerprint density at radius 3 is 2.30 bits per heavy atom. The summed E-state index contributed by atoms with van der Waals surface area (Å²) >= 11 is 0. The zero-order chi connectivity index (χ0) is 17.0. The number of carbonyl (C=O) groups is 2. The van der Waals surface area contributed by atoms with E-state index in [9.17, 15) is 14.7 Å². The van der Waals surface area contributed by atoms with Crippen molar-refractivity contribution in [3.8, 4) is 0 Å². The van der Waals surface area contributed by atoms with Crippen molar-refractivity contribution in [2.45, 2.75) is 27.2 Å². The van der Waals surface area contributed by atoms with Gasteiger partial charge < -0.3 is 14.9 Å². The van der Waals surface area contributed by atoms with Gasteiger partial charge in [0.05, 0.1) is 5.92 Å². The van der Waals surface area contributed by atoms with Crippen LogP contribution in [-0.4, -0.2) is 48.1 Å². The van der Waals surface area contributed by atoms with Crippen LogP contribution in [0.15, 0.2) is 24.3 Å². The first-order chi connectivity index (χ1) is 11.0. The maximum absolute atomic E-state index is 12.7. The normalized spacial score (nSPS) is 21.1. The van der Waals surface area contributed by atoms with Crippen LogP contribution in [0, 0.1) is 11.8 Å². The van der Waals surface area contributed by atoms with Gasteiger partial charge in [0.1, 0.15) is 0 Å². The average Bonchev–Trinajstić information content (AvgIpc) is 2.55. The molecule has 0 saturated carbocycles. The maximum atomic E-state index is 12.7. The number of benzene rings is 1. The van der Waals surface area contributed by atoms with Crippen molar-refractivity contribution >= 4 is 17.6 Å². The third-order valence-corrected chi connectivity index (χ3v) is 4.54. The van der Waals surface area contributed by atoms with E-state index < -0.39 is 11.9 Å². The number of amides is 1. The van der Waals surface area contributed by atoms with Crippen molar-refractivity contribution in [3.05, 3.63) is 29.8 Å². The van der Waals surface area contributed by atoms with Crippen LogP contribution >= 0.6 is 0 Å². The monoisotopic (exact) mass is 318 g/mol. The van der Waals surface area contributed by atoms with Crippen LogP contribution in [0.1, 0.15) is 37.6 Å². The predicted molar refractivity (Wildman–Crippen MR) is 90.8 cm³/mol. The summed E-state index contributed by atoms with van der Waals surface area (Å²) in [5.41, 5.74) is 1.72. The summed E-state index contributed by atoms with van der Waals surface area (Å²) < 4.78 is 0. The van der Waals surface area contributed by atoms with Gasteiger partial charge in [-0.3, -0.25) is 9.59 Å². The highest BCUT2D eigenvalue weighted by atomic mass is 16.4. The standard InChI is InChI=1S/C18H26N2O3/c1-4-19(5-2)16-8-6-14(7-9-16)17(21)20-11-13(3)10-15(12-20)18(22)23/h6-9,13,15H,4-5,10-12H2,1-3H3,(H,22,23). The highest BCUT2D eigenvalue weighted by molar-refractivity contribution is 5.95. The third-order valence-electron chi connectivity index (χ3n) is 4.54. The molecule has 2 unspecified atom stereocenters. The number of aliphatic carboxylic acids is 1. The Morgan fingerprint density at radius 1 is 1.17 bits per heavy atom. The van der Waals surface area contributed by atoms with E-state index in [2.05, 4.69) is 18.7 Å². The molecule has 0 spiro atoms. The van der Waals surface area contributed by atoms with Crippen molar-refractivity contribution in [1.29, 1.82) is 0 Å². The lowest BCUT2D eigenvalue weighted by Gasteiger charge is -2.34. The van der Waals surface area contributed by atoms with Crippen molar-refractivity contribution in [1.82, 2.24) is 4.90 Å². The molecular weight excluding hydrogens is 292 g/mol. The van der Waals surface area contributed by atoms with Gasteiger partial charge in [-0.25, -0.2) is 0 Å². The van der Waals surface area contributed by atoms with Gasteiger partial charge in [0, 0.05) is 37.4 Å². The molecular formula is C18H26N2O3. The minimum atomic E-state index is -0.814. The Labute approximate surface area is 137 Å². The minimum Gasteiger partial charge on any atom is -0.481 e. The van der Waals surface area contributed by atoms with Gasteiger partial charge in [-0.05, 0) is 50.5 Å². The average molecular weight is 318 g/mol. The molecule has 1 saturated heterocycles. The molecule has 5 nitrogen and oxygen atoms in total. The van der Waals surface area contributed by atoms with Gasteiger partial charge in [-0.2, -0.15) is 0 Å². The number of rotatable bonds is 5. The lowest BCUT2D eigenvalue weighted by molar-refractivity contribution is -0.143. The molecule has 0 aliphatic carbocycles. The van der Waals surface area contributed by atoms with Crippen LogP contribution in [0.5, 0.6) is 0 Å². The first-order valence-corrected chi connectivity index (χ1v) is 8.33. The molecule has 1 N–H and O–H groups in total. The Balaban J connectivity index is 2.11. The van der Waals surface area contributed by atoms with E-state index >= 15 is 0 Å². The second-order valence-corrected chi connectivity index (χ2v) is 6.31. The fraction of sp³-hybridized carbons (Fsp3) is 0.556. The highest BCUT2D eigenvalue weighted by Gasteiger charge is 2.32. The van der Waals surface area contributed by atoms with Gasteiger partial charge in [0.15, 0.2) is 0 Å². The summed E-state index contributed by atoms with van der Waals surface area (Å²) in [7, 11) is 0. The van der Waals surface area contributed by atoms with Crippen LogP contribution in [0.4, 0.5) is 5.69 Å². The number of hydrogen-bond acceptors (Lipinski definition) is 3. The SMILES string of the molecule is CCN(CC)c1ccc(C(=O)N2CC(C)CC(C(=O)O)C2)cc1. The first kappa shape index (κ1) is 17.3. The molecule has 1 amide bonds. The van der Waals surface area contributed by atoms with E-state index in [1.165, 1.54) is 0 Å². The molecule has 1 aliphatic heterocycles. The molecule has 0 radical (unpaired) electrons. The van der Waals surface area contributed by atoms with Gasteiger partial charge in [-0.15, -0.1) is 0 Å². The summed E-state index contributed by atoms with van der Waals surface area (Å²) in [6, 6.07) is 7.60. The Morgan fingerprint density at radius 2 is 1.78 bits per heavy atom. The summed E-state index contributed by atoms with van der Waals surface area (Å²) in [6.45, 7) is 8.98. The fourth-order valence-corrected chi connectivity index (χ4v) is 3.28. The Bertz CT molecular complexity index is 552. The molecule has 1 fully saturated rings. The quantitative estimate of drug-likeness (QED) is 0.907. The lowest BCUT2D eigenvalue weighted by atomic mass is 9.90. The molecule has 1 aromatic rings. The van der Waals surface area contributed by atoms with E-state index in [-0.39, 0.29) is 11.8 Å². The van der Waals surface area contributed by atoms with Crippen molar-refractivity contribution in [2.24, 2.45) is 11.8 Å². The van der Waals surface area contributed by atoms with Crippen LogP contribution in [0.2, 0.25) is 0 Å². The van der Waals surface area contributed by atoms with Gasteiger partial charge >= 0.3 is 5.97 Å². The smallest absolute Gasteiger partial charge is 0.308 e. The molecule has 1 aromatic carbocycles. The molecule has 2 rings (SSSR count). The molecule has 0 aromatic heterocycles. The van der Waals surface area contributed by atoms with Crippen LogP contribution in [0.3, 0.4) is 0 Å². The number of anilines is 1. The van der Waals surface area contributed by atoms with Crippen molar-refractivity contribution in [3.63, 3.8) is 0 Å². The van der Waals surface area contributed by atoms with Crippen LogP contribution < -0.4 is 4.90 Å². The van der Waals surface area contributed by atoms with Crippen LogP contribution in [-0.2, 0) is 4.79 Å². The highest BCUT2D eigenvalue weighted by Crippen LogP contribution is 2.24. The zero-order valence-electron chi connectivity index (χ0n) is 14.2. The van der Waals surface area contributed by atoms with E-state index in [4.69, 9.17) is 0 Å². The number of carbonyl (C=O) groups excluding carboxylic acids is 1. The molecule has 23 heavy (non-hydrogen) atoms. The summed E-state index contributed by atoms with van der Waals surface area (Å²) in [5, 5.41) is 9.23. The van der Waals surface area contributed by atoms with Crippen molar-refractivity contribution in [2.75, 3.05) is 31.1 Å². The molecule has 1 aliphatic rings. The number of carboxylic acids is 1. The summed E-state index contributed by atoms with van der Waals surface area (Å²) in [5.74, 6) is -1.14.